The molecule has 26 heavy (non-hydrogen) atoms. The lowest BCUT2D eigenvalue weighted by Crippen LogP contribution is -1.91. The van der Waals surface area contributed by atoms with E-state index in [0.717, 1.165) is 32.7 Å². The van der Waals surface area contributed by atoms with Crippen molar-refractivity contribution in [3.63, 3.8) is 0 Å². The maximum absolute atomic E-state index is 4.61. The van der Waals surface area contributed by atoms with Crippen molar-refractivity contribution in [2.75, 3.05) is 10.6 Å². The number of anilines is 4. The van der Waals surface area contributed by atoms with Gasteiger partial charge in [0.05, 0.1) is 20.4 Å². The van der Waals surface area contributed by atoms with E-state index in [1.54, 1.807) is 22.7 Å². The largest absolute Gasteiger partial charge is 0.332 e. The third-order valence-corrected chi connectivity index (χ3v) is 5.88. The zero-order valence-corrected chi connectivity index (χ0v) is 15.3. The van der Waals surface area contributed by atoms with Gasteiger partial charge in [0, 0.05) is 11.4 Å². The summed E-state index contributed by atoms with van der Waals surface area (Å²) in [6, 6.07) is 24.5. The minimum absolute atomic E-state index is 0.901. The summed E-state index contributed by atoms with van der Waals surface area (Å²) in [6.45, 7) is 0. The lowest BCUT2D eigenvalue weighted by molar-refractivity contribution is 1.43. The summed E-state index contributed by atoms with van der Waals surface area (Å²) in [5, 5.41) is 8.55. The molecule has 2 heterocycles. The molecular weight excluding hydrogens is 360 g/mol. The molecule has 3 aromatic carbocycles. The van der Waals surface area contributed by atoms with E-state index in [2.05, 4.69) is 32.7 Å². The number of nitrogens with zero attached hydrogens (tertiary/aromatic N) is 2. The first-order valence-corrected chi connectivity index (χ1v) is 9.82. The topological polar surface area (TPSA) is 49.8 Å². The summed E-state index contributed by atoms with van der Waals surface area (Å²) in [5.41, 5.74) is 4.07. The average molecular weight is 374 g/mol. The molecule has 0 spiro atoms. The third-order valence-electron chi connectivity index (χ3n) is 3.98. The van der Waals surface area contributed by atoms with E-state index in [9.17, 15) is 0 Å². The molecule has 0 radical (unpaired) electrons. The highest BCUT2D eigenvalue weighted by atomic mass is 32.1. The standard InChI is InChI=1S/C20H14N4S2/c1-3-7-17-15(5-1)23-19(25-17)21-13-9-11-14(12-10-13)22-20-24-16-6-2-4-8-18(16)26-20/h1-12H,(H,21,23)(H,22,24). The second-order valence-electron chi connectivity index (χ2n) is 5.80. The fourth-order valence-electron chi connectivity index (χ4n) is 2.74. The number of hydrogen-bond donors (Lipinski definition) is 2. The highest BCUT2D eigenvalue weighted by Crippen LogP contribution is 2.30. The fraction of sp³-hybridized carbons (Fsp3) is 0. The summed E-state index contributed by atoms with van der Waals surface area (Å²) in [7, 11) is 0. The quantitative estimate of drug-likeness (QED) is 0.382. The molecule has 0 aliphatic carbocycles. The molecule has 0 aliphatic heterocycles. The van der Waals surface area contributed by atoms with Gasteiger partial charge in [0.15, 0.2) is 10.3 Å². The van der Waals surface area contributed by atoms with Gasteiger partial charge >= 0.3 is 0 Å². The van der Waals surface area contributed by atoms with Crippen molar-refractivity contribution in [2.45, 2.75) is 0 Å². The van der Waals surface area contributed by atoms with Gasteiger partial charge in [0.2, 0.25) is 0 Å². The number of benzene rings is 3. The number of hydrogen-bond acceptors (Lipinski definition) is 6. The van der Waals surface area contributed by atoms with Gasteiger partial charge in [-0.05, 0) is 48.5 Å². The number of fused-ring (bicyclic) bond motifs is 2. The van der Waals surface area contributed by atoms with Crippen LogP contribution in [-0.4, -0.2) is 9.97 Å². The molecular formula is C20H14N4S2. The van der Waals surface area contributed by atoms with Crippen LogP contribution >= 0.6 is 22.7 Å². The average Bonchev–Trinajstić information content (AvgIpc) is 3.25. The molecule has 0 unspecified atom stereocenters. The molecule has 0 aliphatic rings. The van der Waals surface area contributed by atoms with Gasteiger partial charge in [-0.15, -0.1) is 0 Å². The van der Waals surface area contributed by atoms with Crippen LogP contribution in [0.2, 0.25) is 0 Å². The molecule has 0 bridgehead atoms. The Morgan fingerprint density at radius 1 is 0.538 bits per heavy atom. The molecule has 0 atom stereocenters. The van der Waals surface area contributed by atoms with Crippen LogP contribution in [0.15, 0.2) is 72.8 Å². The SMILES string of the molecule is c1ccc2sc(Nc3ccc(Nc4nc5ccccc5s4)cc3)nc2c1. The van der Waals surface area contributed by atoms with Gasteiger partial charge in [-0.25, -0.2) is 9.97 Å². The minimum Gasteiger partial charge on any atom is -0.332 e. The Morgan fingerprint density at radius 3 is 1.38 bits per heavy atom. The summed E-state index contributed by atoms with van der Waals surface area (Å²) >= 11 is 3.31. The van der Waals surface area contributed by atoms with Crippen LogP contribution in [0, 0.1) is 0 Å². The first-order chi connectivity index (χ1) is 12.8. The van der Waals surface area contributed by atoms with Gasteiger partial charge in [0.1, 0.15) is 0 Å². The summed E-state index contributed by atoms with van der Waals surface area (Å²) in [4.78, 5) is 9.21. The van der Waals surface area contributed by atoms with Crippen LogP contribution in [0.1, 0.15) is 0 Å². The van der Waals surface area contributed by atoms with Crippen molar-refractivity contribution < 1.29 is 0 Å². The molecule has 6 heteroatoms. The van der Waals surface area contributed by atoms with Gasteiger partial charge in [0.25, 0.3) is 0 Å². The van der Waals surface area contributed by atoms with Crippen molar-refractivity contribution in [1.29, 1.82) is 0 Å². The minimum atomic E-state index is 0.901. The summed E-state index contributed by atoms with van der Waals surface area (Å²) in [5.74, 6) is 0. The molecule has 0 amide bonds. The molecule has 0 fully saturated rings. The molecule has 0 saturated carbocycles. The fourth-order valence-corrected chi connectivity index (χ4v) is 4.51. The van der Waals surface area contributed by atoms with Crippen LogP contribution in [0.4, 0.5) is 21.6 Å². The van der Waals surface area contributed by atoms with Crippen molar-refractivity contribution in [2.24, 2.45) is 0 Å². The van der Waals surface area contributed by atoms with Crippen LogP contribution in [0.5, 0.6) is 0 Å². The van der Waals surface area contributed by atoms with E-state index in [4.69, 9.17) is 0 Å². The van der Waals surface area contributed by atoms with Crippen LogP contribution in [0.25, 0.3) is 20.4 Å². The zero-order valence-electron chi connectivity index (χ0n) is 13.6. The van der Waals surface area contributed by atoms with Crippen LogP contribution in [-0.2, 0) is 0 Å². The zero-order chi connectivity index (χ0) is 17.3. The Bertz CT molecular complexity index is 1030. The Morgan fingerprint density at radius 2 is 0.962 bits per heavy atom. The molecule has 4 nitrogen and oxygen atoms in total. The maximum atomic E-state index is 4.61. The predicted molar refractivity (Wildman–Crippen MR) is 112 cm³/mol. The monoisotopic (exact) mass is 374 g/mol. The van der Waals surface area contributed by atoms with Gasteiger partial charge in [-0.3, -0.25) is 0 Å². The predicted octanol–water partition coefficient (Wildman–Crippen LogP) is 6.39. The molecule has 5 aromatic rings. The Kier molecular flexibility index (Phi) is 3.77. The Labute approximate surface area is 158 Å². The van der Waals surface area contributed by atoms with E-state index in [-0.39, 0.29) is 0 Å². The summed E-state index contributed by atoms with van der Waals surface area (Å²) < 4.78 is 2.37. The number of rotatable bonds is 4. The molecule has 0 saturated heterocycles. The molecule has 126 valence electrons. The maximum Gasteiger partial charge on any atom is 0.188 e. The summed E-state index contributed by atoms with van der Waals surface area (Å²) in [6.07, 6.45) is 0. The molecule has 5 rings (SSSR count). The first kappa shape index (κ1) is 15.3. The number of aromatic nitrogens is 2. The number of thiazole rings is 2. The lowest BCUT2D eigenvalue weighted by atomic mass is 10.3. The Hall–Kier alpha value is -2.96. The van der Waals surface area contributed by atoms with E-state index in [0.29, 0.717) is 0 Å². The second-order valence-corrected chi connectivity index (χ2v) is 7.86. The van der Waals surface area contributed by atoms with E-state index >= 15 is 0 Å². The number of para-hydroxylation sites is 2. The Balaban J connectivity index is 1.33. The van der Waals surface area contributed by atoms with Crippen molar-refractivity contribution in [3.05, 3.63) is 72.8 Å². The molecule has 2 N–H and O–H groups in total. The van der Waals surface area contributed by atoms with Gasteiger partial charge < -0.3 is 10.6 Å². The van der Waals surface area contributed by atoms with Crippen LogP contribution in [0.3, 0.4) is 0 Å². The van der Waals surface area contributed by atoms with Crippen molar-refractivity contribution >= 4 is 64.7 Å². The third kappa shape index (κ3) is 3.00. The number of nitrogens with one attached hydrogen (secondary N) is 2. The van der Waals surface area contributed by atoms with Gasteiger partial charge in [-0.1, -0.05) is 46.9 Å². The first-order valence-electron chi connectivity index (χ1n) is 8.19. The van der Waals surface area contributed by atoms with Crippen molar-refractivity contribution in [3.8, 4) is 0 Å². The van der Waals surface area contributed by atoms with E-state index in [1.807, 2.05) is 60.7 Å². The highest BCUT2D eigenvalue weighted by Gasteiger charge is 2.05. The normalized spacial score (nSPS) is 11.1. The lowest BCUT2D eigenvalue weighted by Gasteiger charge is -2.05. The van der Waals surface area contributed by atoms with E-state index < -0.39 is 0 Å². The van der Waals surface area contributed by atoms with Gasteiger partial charge in [-0.2, -0.15) is 0 Å². The smallest absolute Gasteiger partial charge is 0.188 e. The molecule has 2 aromatic heterocycles. The highest BCUT2D eigenvalue weighted by molar-refractivity contribution is 7.22. The second kappa shape index (κ2) is 6.40. The van der Waals surface area contributed by atoms with E-state index in [1.165, 1.54) is 9.40 Å². The van der Waals surface area contributed by atoms with Crippen molar-refractivity contribution in [1.82, 2.24) is 9.97 Å². The van der Waals surface area contributed by atoms with Crippen LogP contribution < -0.4 is 10.6 Å².